The number of amides is 1. The molecule has 4 heterocycles. The van der Waals surface area contributed by atoms with E-state index in [1.165, 1.54) is 0 Å². The predicted molar refractivity (Wildman–Crippen MR) is 107 cm³/mol. The summed E-state index contributed by atoms with van der Waals surface area (Å²) in [5.74, 6) is 0.0524. The van der Waals surface area contributed by atoms with Gasteiger partial charge in [-0.25, -0.2) is 0 Å². The van der Waals surface area contributed by atoms with Gasteiger partial charge < -0.3 is 15.1 Å². The van der Waals surface area contributed by atoms with Gasteiger partial charge in [0.05, 0.1) is 12.6 Å². The van der Waals surface area contributed by atoms with Crippen molar-refractivity contribution in [2.45, 2.75) is 31.1 Å². The standard InChI is InChI=1S/C17H26N6OS.ClH/c1-13-11-19-17(25-13)22-9-7-21(8-10-22)16(24)15-4-6-23(20-15)14-3-2-5-18-12-14;/h4,6,13-14,18H,2-3,5,7-12H2,1H3;1H. The molecule has 0 aliphatic carbocycles. The molecule has 144 valence electrons. The Morgan fingerprint density at radius 1 is 1.31 bits per heavy atom. The van der Waals surface area contributed by atoms with Gasteiger partial charge in [-0.15, -0.1) is 12.4 Å². The highest BCUT2D eigenvalue weighted by Gasteiger charge is 2.28. The van der Waals surface area contributed by atoms with Crippen LogP contribution in [0.1, 0.15) is 36.3 Å². The molecule has 3 aliphatic heterocycles. The molecule has 1 aromatic rings. The summed E-state index contributed by atoms with van der Waals surface area (Å²) in [4.78, 5) is 21.6. The van der Waals surface area contributed by atoms with Crippen LogP contribution >= 0.6 is 24.2 Å². The maximum absolute atomic E-state index is 12.8. The molecule has 1 N–H and O–H groups in total. The van der Waals surface area contributed by atoms with Crippen LogP contribution in [0.25, 0.3) is 0 Å². The van der Waals surface area contributed by atoms with Crippen molar-refractivity contribution in [3.05, 3.63) is 18.0 Å². The number of thioether (sulfide) groups is 1. The Morgan fingerprint density at radius 2 is 2.12 bits per heavy atom. The number of carbonyl (C=O) groups is 1. The van der Waals surface area contributed by atoms with Gasteiger partial charge in [0, 0.05) is 44.2 Å². The van der Waals surface area contributed by atoms with Crippen molar-refractivity contribution in [3.8, 4) is 0 Å². The number of hydrogen-bond acceptors (Lipinski definition) is 6. The molecule has 7 nitrogen and oxygen atoms in total. The number of rotatable bonds is 2. The number of aliphatic imine (C=N–C) groups is 1. The molecule has 1 amide bonds. The van der Waals surface area contributed by atoms with Gasteiger partial charge in [-0.2, -0.15) is 5.10 Å². The van der Waals surface area contributed by atoms with Crippen LogP contribution in [0, 0.1) is 0 Å². The number of piperidine rings is 1. The molecule has 2 fully saturated rings. The molecule has 0 bridgehead atoms. The molecular formula is C17H27ClN6OS. The minimum Gasteiger partial charge on any atom is -0.348 e. The largest absolute Gasteiger partial charge is 0.348 e. The second-order valence-corrected chi connectivity index (χ2v) is 8.42. The fourth-order valence-electron chi connectivity index (χ4n) is 3.61. The summed E-state index contributed by atoms with van der Waals surface area (Å²) in [5.41, 5.74) is 0.570. The second kappa shape index (κ2) is 8.63. The van der Waals surface area contributed by atoms with Crippen molar-refractivity contribution in [1.82, 2.24) is 24.9 Å². The summed E-state index contributed by atoms with van der Waals surface area (Å²) in [6.45, 7) is 8.33. The first-order valence-electron chi connectivity index (χ1n) is 9.22. The molecule has 1 aromatic heterocycles. The minimum atomic E-state index is 0. The first-order valence-corrected chi connectivity index (χ1v) is 10.1. The minimum absolute atomic E-state index is 0. The lowest BCUT2D eigenvalue weighted by Crippen LogP contribution is -2.50. The molecule has 26 heavy (non-hydrogen) atoms. The summed E-state index contributed by atoms with van der Waals surface area (Å²) >= 11 is 1.85. The van der Waals surface area contributed by atoms with Crippen molar-refractivity contribution >= 4 is 35.2 Å². The van der Waals surface area contributed by atoms with Crippen molar-refractivity contribution < 1.29 is 4.79 Å². The van der Waals surface area contributed by atoms with Crippen molar-refractivity contribution in [1.29, 1.82) is 0 Å². The van der Waals surface area contributed by atoms with Crippen molar-refractivity contribution in [3.63, 3.8) is 0 Å². The van der Waals surface area contributed by atoms with Crippen LogP contribution < -0.4 is 5.32 Å². The van der Waals surface area contributed by atoms with E-state index in [0.717, 1.165) is 63.8 Å². The van der Waals surface area contributed by atoms with Gasteiger partial charge in [0.25, 0.3) is 5.91 Å². The van der Waals surface area contributed by atoms with Gasteiger partial charge in [-0.1, -0.05) is 18.7 Å². The van der Waals surface area contributed by atoms with Crippen molar-refractivity contribution in [2.75, 3.05) is 45.8 Å². The molecular weight excluding hydrogens is 372 g/mol. The van der Waals surface area contributed by atoms with Gasteiger partial charge in [-0.3, -0.25) is 14.5 Å². The van der Waals surface area contributed by atoms with E-state index in [-0.39, 0.29) is 18.3 Å². The Bertz CT molecular complexity index is 651. The smallest absolute Gasteiger partial charge is 0.274 e. The summed E-state index contributed by atoms with van der Waals surface area (Å²) < 4.78 is 1.96. The Morgan fingerprint density at radius 3 is 2.77 bits per heavy atom. The normalized spacial score (nSPS) is 26.4. The Balaban J connectivity index is 0.00000196. The van der Waals surface area contributed by atoms with E-state index in [1.54, 1.807) is 0 Å². The summed E-state index contributed by atoms with van der Waals surface area (Å²) in [7, 11) is 0. The highest BCUT2D eigenvalue weighted by Crippen LogP contribution is 2.24. The fourth-order valence-corrected chi connectivity index (χ4v) is 4.60. The maximum atomic E-state index is 12.8. The van der Waals surface area contributed by atoms with E-state index >= 15 is 0 Å². The molecule has 4 rings (SSSR count). The van der Waals surface area contributed by atoms with Gasteiger partial charge >= 0.3 is 0 Å². The third kappa shape index (κ3) is 4.18. The predicted octanol–water partition coefficient (Wildman–Crippen LogP) is 1.48. The van der Waals surface area contributed by atoms with Crippen LogP contribution in [0.15, 0.2) is 17.3 Å². The van der Waals surface area contributed by atoms with Crippen molar-refractivity contribution in [2.24, 2.45) is 4.99 Å². The van der Waals surface area contributed by atoms with Crippen LogP contribution in [0.5, 0.6) is 0 Å². The zero-order chi connectivity index (χ0) is 17.2. The lowest BCUT2D eigenvalue weighted by Gasteiger charge is -2.35. The van der Waals surface area contributed by atoms with Crippen LogP contribution in [0.4, 0.5) is 0 Å². The molecule has 2 atom stereocenters. The Hall–Kier alpha value is -1.25. The average Bonchev–Trinajstić information content (AvgIpc) is 3.31. The van der Waals surface area contributed by atoms with E-state index in [2.05, 4.69) is 27.2 Å². The molecule has 0 saturated carbocycles. The van der Waals surface area contributed by atoms with Gasteiger partial charge in [0.2, 0.25) is 0 Å². The number of halogens is 1. The molecule has 0 spiro atoms. The average molecular weight is 399 g/mol. The van der Waals surface area contributed by atoms with E-state index in [9.17, 15) is 4.79 Å². The molecule has 2 saturated heterocycles. The van der Waals surface area contributed by atoms with E-state index in [4.69, 9.17) is 0 Å². The lowest BCUT2D eigenvalue weighted by atomic mass is 10.1. The zero-order valence-electron chi connectivity index (χ0n) is 15.1. The Labute approximate surface area is 165 Å². The third-order valence-corrected chi connectivity index (χ3v) is 6.25. The molecule has 3 aliphatic rings. The maximum Gasteiger partial charge on any atom is 0.274 e. The summed E-state index contributed by atoms with van der Waals surface area (Å²) in [6.07, 6.45) is 4.24. The quantitative estimate of drug-likeness (QED) is 0.817. The number of nitrogens with one attached hydrogen (secondary N) is 1. The molecule has 0 radical (unpaired) electrons. The third-order valence-electron chi connectivity index (χ3n) is 5.10. The number of hydrogen-bond donors (Lipinski definition) is 1. The van der Waals surface area contributed by atoms with Gasteiger partial charge in [0.15, 0.2) is 5.17 Å². The van der Waals surface area contributed by atoms with Crippen LogP contribution in [-0.2, 0) is 0 Å². The fraction of sp³-hybridized carbons (Fsp3) is 0.706. The first kappa shape index (κ1) is 19.5. The van der Waals surface area contributed by atoms with E-state index in [1.807, 2.05) is 33.6 Å². The number of nitrogens with zero attached hydrogens (tertiary/aromatic N) is 5. The number of amidine groups is 1. The highest BCUT2D eigenvalue weighted by molar-refractivity contribution is 8.14. The van der Waals surface area contributed by atoms with E-state index < -0.39 is 0 Å². The number of aromatic nitrogens is 2. The van der Waals surface area contributed by atoms with Crippen LogP contribution in [0.3, 0.4) is 0 Å². The second-order valence-electron chi connectivity index (χ2n) is 7.01. The highest BCUT2D eigenvalue weighted by atomic mass is 35.5. The monoisotopic (exact) mass is 398 g/mol. The molecule has 9 heteroatoms. The lowest BCUT2D eigenvalue weighted by molar-refractivity contribution is 0.0686. The number of carbonyl (C=O) groups excluding carboxylic acids is 1. The first-order chi connectivity index (χ1) is 12.2. The van der Waals surface area contributed by atoms with Gasteiger partial charge in [-0.05, 0) is 25.5 Å². The molecule has 2 unspecified atom stereocenters. The zero-order valence-corrected chi connectivity index (χ0v) is 16.8. The molecule has 0 aromatic carbocycles. The Kier molecular flexibility index (Phi) is 6.47. The number of piperazine rings is 1. The summed E-state index contributed by atoms with van der Waals surface area (Å²) in [5, 5.41) is 9.68. The van der Waals surface area contributed by atoms with E-state index in [0.29, 0.717) is 17.0 Å². The topological polar surface area (TPSA) is 65.8 Å². The SMILES string of the molecule is CC1CN=C(N2CCN(C(=O)c3ccn(C4CCCNC4)n3)CC2)S1.Cl. The van der Waals surface area contributed by atoms with Crippen LogP contribution in [0.2, 0.25) is 0 Å². The summed E-state index contributed by atoms with van der Waals surface area (Å²) in [6, 6.07) is 2.23. The van der Waals surface area contributed by atoms with Crippen LogP contribution in [-0.4, -0.2) is 81.7 Å². The van der Waals surface area contributed by atoms with Gasteiger partial charge in [0.1, 0.15) is 5.69 Å².